The highest BCUT2D eigenvalue weighted by Crippen LogP contribution is 2.23. The van der Waals surface area contributed by atoms with Gasteiger partial charge in [0.1, 0.15) is 17.5 Å². The molecule has 1 aromatic heterocycles. The molecule has 1 rings (SSSR count). The Morgan fingerprint density at radius 3 is 2.52 bits per heavy atom. The molecule has 0 aliphatic heterocycles. The van der Waals surface area contributed by atoms with Gasteiger partial charge in [0.05, 0.1) is 12.7 Å². The van der Waals surface area contributed by atoms with Crippen LogP contribution in [0.25, 0.3) is 0 Å². The molecule has 0 atom stereocenters. The number of nitrogens with one attached hydrogen (secondary N) is 1. The van der Waals surface area contributed by atoms with Crippen LogP contribution in [0.4, 0.5) is 11.6 Å². The Morgan fingerprint density at radius 1 is 1.24 bits per heavy atom. The summed E-state index contributed by atoms with van der Waals surface area (Å²) in [5, 5.41) is 3.40. The summed E-state index contributed by atoms with van der Waals surface area (Å²) >= 11 is 0. The number of anilines is 2. The fourth-order valence-corrected chi connectivity index (χ4v) is 2.03. The van der Waals surface area contributed by atoms with Crippen molar-refractivity contribution in [3.63, 3.8) is 0 Å². The van der Waals surface area contributed by atoms with Gasteiger partial charge in [-0.15, -0.1) is 0 Å². The quantitative estimate of drug-likeness (QED) is 0.758. The van der Waals surface area contributed by atoms with E-state index in [0.717, 1.165) is 49.0 Å². The van der Waals surface area contributed by atoms with Crippen LogP contribution in [-0.4, -0.2) is 42.8 Å². The summed E-state index contributed by atoms with van der Waals surface area (Å²) in [4.78, 5) is 11.4. The van der Waals surface area contributed by atoms with Crippen LogP contribution in [0.3, 0.4) is 0 Å². The fraction of sp³-hybridized carbons (Fsp3) is 0.750. The zero-order valence-electron chi connectivity index (χ0n) is 14.4. The summed E-state index contributed by atoms with van der Waals surface area (Å²) in [6.45, 7) is 12.9. The summed E-state index contributed by atoms with van der Waals surface area (Å²) in [5.74, 6) is 2.83. The van der Waals surface area contributed by atoms with Gasteiger partial charge in [-0.2, -0.15) is 0 Å². The number of nitrogens with zero attached hydrogens (tertiary/aromatic N) is 3. The zero-order chi connectivity index (χ0) is 15.8. The summed E-state index contributed by atoms with van der Waals surface area (Å²) in [5.41, 5.74) is 1.10. The number of likely N-dealkylation sites (N-methyl/N-ethyl adjacent to an activating group) is 1. The van der Waals surface area contributed by atoms with Crippen molar-refractivity contribution in [3.05, 3.63) is 11.4 Å². The summed E-state index contributed by atoms with van der Waals surface area (Å²) in [7, 11) is 2.06. The number of aromatic nitrogens is 2. The second-order valence-corrected chi connectivity index (χ2v) is 5.56. The maximum atomic E-state index is 5.62. The van der Waals surface area contributed by atoms with E-state index in [0.29, 0.717) is 6.61 Å². The Kier molecular flexibility index (Phi) is 7.43. The number of rotatable bonds is 9. The number of hydrogen-bond donors (Lipinski definition) is 1. The normalized spacial score (nSPS) is 11.0. The average molecular weight is 294 g/mol. The van der Waals surface area contributed by atoms with Gasteiger partial charge in [-0.05, 0) is 27.2 Å². The Bertz CT molecular complexity index is 435. The van der Waals surface area contributed by atoms with Crippen LogP contribution in [0.1, 0.15) is 45.5 Å². The van der Waals surface area contributed by atoms with Crippen LogP contribution in [0.2, 0.25) is 0 Å². The third kappa shape index (κ3) is 5.50. The first-order valence-electron chi connectivity index (χ1n) is 7.93. The van der Waals surface area contributed by atoms with Gasteiger partial charge in [-0.25, -0.2) is 9.97 Å². The first-order valence-corrected chi connectivity index (χ1v) is 7.93. The third-order valence-electron chi connectivity index (χ3n) is 3.26. The van der Waals surface area contributed by atoms with Crippen molar-refractivity contribution in [1.82, 2.24) is 9.97 Å². The molecular formula is C16H30N4O. The van der Waals surface area contributed by atoms with Crippen molar-refractivity contribution in [3.8, 4) is 0 Å². The number of aryl methyl sites for hydroxylation is 1. The molecule has 1 N–H and O–H groups in total. The molecule has 0 bridgehead atoms. The molecule has 0 radical (unpaired) electrons. The molecule has 0 amide bonds. The molecule has 5 heteroatoms. The van der Waals surface area contributed by atoms with E-state index in [-0.39, 0.29) is 6.10 Å². The maximum Gasteiger partial charge on any atom is 0.137 e. The van der Waals surface area contributed by atoms with E-state index in [1.807, 2.05) is 0 Å². The highest BCUT2D eigenvalue weighted by molar-refractivity contribution is 5.58. The van der Waals surface area contributed by atoms with Crippen molar-refractivity contribution in [2.24, 2.45) is 0 Å². The van der Waals surface area contributed by atoms with Gasteiger partial charge < -0.3 is 15.0 Å². The van der Waals surface area contributed by atoms with Crippen LogP contribution in [-0.2, 0) is 11.2 Å². The highest BCUT2D eigenvalue weighted by atomic mass is 16.5. The Morgan fingerprint density at radius 2 is 1.95 bits per heavy atom. The van der Waals surface area contributed by atoms with E-state index in [9.17, 15) is 0 Å². The minimum absolute atomic E-state index is 0.262. The molecule has 0 unspecified atom stereocenters. The van der Waals surface area contributed by atoms with Gasteiger partial charge >= 0.3 is 0 Å². The fourth-order valence-electron chi connectivity index (χ4n) is 2.03. The Labute approximate surface area is 129 Å². The molecule has 0 aliphatic carbocycles. The van der Waals surface area contributed by atoms with Crippen LogP contribution in [0, 0.1) is 6.92 Å². The van der Waals surface area contributed by atoms with Gasteiger partial charge in [-0.1, -0.05) is 13.8 Å². The lowest BCUT2D eigenvalue weighted by Crippen LogP contribution is -2.26. The lowest BCUT2D eigenvalue weighted by Gasteiger charge is -2.23. The number of hydrogen-bond acceptors (Lipinski definition) is 5. The van der Waals surface area contributed by atoms with Crippen molar-refractivity contribution < 1.29 is 4.74 Å². The summed E-state index contributed by atoms with van der Waals surface area (Å²) in [6, 6.07) is 0. The minimum atomic E-state index is 0.262. The van der Waals surface area contributed by atoms with Gasteiger partial charge in [-0.3, -0.25) is 0 Å². The molecule has 1 aromatic rings. The van der Waals surface area contributed by atoms with E-state index in [1.54, 1.807) is 0 Å². The first-order chi connectivity index (χ1) is 9.99. The first kappa shape index (κ1) is 17.7. The second kappa shape index (κ2) is 8.82. The van der Waals surface area contributed by atoms with Crippen molar-refractivity contribution in [2.45, 2.75) is 53.6 Å². The SMILES string of the molecule is CCCNc1nc(CC)nc(N(C)CCOC(C)C)c1C. The van der Waals surface area contributed by atoms with Crippen molar-refractivity contribution in [2.75, 3.05) is 37.0 Å². The van der Waals surface area contributed by atoms with Gasteiger partial charge in [0.25, 0.3) is 0 Å². The monoisotopic (exact) mass is 294 g/mol. The molecule has 120 valence electrons. The molecule has 1 heterocycles. The van der Waals surface area contributed by atoms with Crippen LogP contribution in [0.5, 0.6) is 0 Å². The average Bonchev–Trinajstić information content (AvgIpc) is 2.45. The lowest BCUT2D eigenvalue weighted by molar-refractivity contribution is 0.0845. The molecule has 0 aromatic carbocycles. The zero-order valence-corrected chi connectivity index (χ0v) is 14.4. The molecule has 0 fully saturated rings. The predicted molar refractivity (Wildman–Crippen MR) is 89.3 cm³/mol. The molecule has 0 spiro atoms. The van der Waals surface area contributed by atoms with Crippen LogP contribution >= 0.6 is 0 Å². The molecular weight excluding hydrogens is 264 g/mol. The maximum absolute atomic E-state index is 5.62. The van der Waals surface area contributed by atoms with E-state index >= 15 is 0 Å². The minimum Gasteiger partial charge on any atom is -0.377 e. The topological polar surface area (TPSA) is 50.3 Å². The van der Waals surface area contributed by atoms with Gasteiger partial charge in [0, 0.05) is 32.1 Å². The molecule has 0 saturated carbocycles. The highest BCUT2D eigenvalue weighted by Gasteiger charge is 2.13. The standard InChI is InChI=1S/C16H30N4O/c1-7-9-17-15-13(5)16(19-14(8-2)18-15)20(6)10-11-21-12(3)4/h12H,7-11H2,1-6H3,(H,17,18,19). The smallest absolute Gasteiger partial charge is 0.137 e. The predicted octanol–water partition coefficient (Wildman–Crippen LogP) is 3.03. The molecule has 0 saturated heterocycles. The summed E-state index contributed by atoms with van der Waals surface area (Å²) in [6.07, 6.45) is 2.18. The lowest BCUT2D eigenvalue weighted by atomic mass is 10.2. The second-order valence-electron chi connectivity index (χ2n) is 5.56. The third-order valence-corrected chi connectivity index (χ3v) is 3.26. The van der Waals surface area contributed by atoms with E-state index in [2.05, 4.69) is 61.9 Å². The number of ether oxygens (including phenoxy) is 1. The van der Waals surface area contributed by atoms with E-state index < -0.39 is 0 Å². The molecule has 21 heavy (non-hydrogen) atoms. The Balaban J connectivity index is 2.87. The van der Waals surface area contributed by atoms with E-state index in [1.165, 1.54) is 0 Å². The van der Waals surface area contributed by atoms with Gasteiger partial charge in [0.2, 0.25) is 0 Å². The van der Waals surface area contributed by atoms with Crippen molar-refractivity contribution in [1.29, 1.82) is 0 Å². The summed E-state index contributed by atoms with van der Waals surface area (Å²) < 4.78 is 5.62. The largest absolute Gasteiger partial charge is 0.377 e. The molecule has 0 aliphatic rings. The van der Waals surface area contributed by atoms with E-state index in [4.69, 9.17) is 4.74 Å². The van der Waals surface area contributed by atoms with Crippen LogP contribution in [0.15, 0.2) is 0 Å². The molecule has 5 nitrogen and oxygen atoms in total. The van der Waals surface area contributed by atoms with Crippen LogP contribution < -0.4 is 10.2 Å². The van der Waals surface area contributed by atoms with Crippen molar-refractivity contribution >= 4 is 11.6 Å². The van der Waals surface area contributed by atoms with Gasteiger partial charge in [0.15, 0.2) is 0 Å². The Hall–Kier alpha value is -1.36.